The fourth-order valence-corrected chi connectivity index (χ4v) is 2.50. The minimum absolute atomic E-state index is 0.363. The number of anilines is 1. The van der Waals surface area contributed by atoms with Gasteiger partial charge in [-0.05, 0) is 37.1 Å². The molecule has 2 heterocycles. The lowest BCUT2D eigenvalue weighted by Crippen LogP contribution is -2.03. The van der Waals surface area contributed by atoms with E-state index in [0.29, 0.717) is 22.8 Å². The van der Waals surface area contributed by atoms with Crippen molar-refractivity contribution in [3.05, 3.63) is 48.2 Å². The van der Waals surface area contributed by atoms with Gasteiger partial charge in [0.2, 0.25) is 0 Å². The molecule has 4 nitrogen and oxygen atoms in total. The van der Waals surface area contributed by atoms with Gasteiger partial charge >= 0.3 is 0 Å². The van der Waals surface area contributed by atoms with E-state index in [1.165, 1.54) is 18.9 Å². The molecular formula is C15H13FN4. The number of rotatable bonds is 2. The van der Waals surface area contributed by atoms with Crippen molar-refractivity contribution >= 4 is 16.6 Å². The van der Waals surface area contributed by atoms with Crippen molar-refractivity contribution in [2.75, 3.05) is 5.73 Å². The van der Waals surface area contributed by atoms with Crippen molar-refractivity contribution in [1.29, 1.82) is 0 Å². The van der Waals surface area contributed by atoms with Crippen molar-refractivity contribution in [1.82, 2.24) is 14.8 Å². The van der Waals surface area contributed by atoms with Crippen molar-refractivity contribution in [2.24, 2.45) is 0 Å². The van der Waals surface area contributed by atoms with Crippen LogP contribution in [0.1, 0.15) is 24.5 Å². The molecule has 5 heteroatoms. The van der Waals surface area contributed by atoms with Crippen LogP contribution in [0.25, 0.3) is 16.6 Å². The Morgan fingerprint density at radius 3 is 2.95 bits per heavy atom. The molecule has 0 spiro atoms. The lowest BCUT2D eigenvalue weighted by molar-refractivity contribution is 0.612. The quantitative estimate of drug-likeness (QED) is 0.727. The molecule has 20 heavy (non-hydrogen) atoms. The number of hydrogen-bond acceptors (Lipinski definition) is 3. The molecular weight excluding hydrogens is 255 g/mol. The van der Waals surface area contributed by atoms with E-state index in [9.17, 15) is 4.39 Å². The second-order valence-corrected chi connectivity index (χ2v) is 5.16. The predicted octanol–water partition coefficient (Wildman–Crippen LogP) is 3.02. The van der Waals surface area contributed by atoms with Crippen LogP contribution in [0.2, 0.25) is 0 Å². The zero-order chi connectivity index (χ0) is 13.7. The molecule has 4 rings (SSSR count). The summed E-state index contributed by atoms with van der Waals surface area (Å²) in [5, 5.41) is 5.22. The first-order valence-corrected chi connectivity index (χ1v) is 6.62. The van der Waals surface area contributed by atoms with Crippen LogP contribution in [0.5, 0.6) is 0 Å². The Hall–Kier alpha value is -2.43. The molecule has 2 aromatic heterocycles. The standard InChI is InChI=1S/C15H13FN4/c16-11-8-12(17)10-2-1-6-18-14(10)15(11)20-7-5-13(19-20)9-3-4-9/h1-2,5-9H,3-4,17H2. The number of halogens is 1. The topological polar surface area (TPSA) is 56.7 Å². The monoisotopic (exact) mass is 268 g/mol. The molecule has 0 saturated heterocycles. The Morgan fingerprint density at radius 2 is 2.15 bits per heavy atom. The van der Waals surface area contributed by atoms with Gasteiger partial charge in [-0.2, -0.15) is 5.10 Å². The second kappa shape index (κ2) is 4.03. The first-order chi connectivity index (χ1) is 9.74. The highest BCUT2D eigenvalue weighted by Gasteiger charge is 2.26. The lowest BCUT2D eigenvalue weighted by Gasteiger charge is -2.09. The number of hydrogen-bond donors (Lipinski definition) is 1. The maximum absolute atomic E-state index is 14.3. The molecule has 0 bridgehead atoms. The number of nitrogens with zero attached hydrogens (tertiary/aromatic N) is 3. The molecule has 1 saturated carbocycles. The van der Waals surface area contributed by atoms with E-state index in [1.807, 2.05) is 12.1 Å². The average molecular weight is 268 g/mol. The SMILES string of the molecule is Nc1cc(F)c(-n2ccc(C3CC3)n2)c2ncccc12. The van der Waals surface area contributed by atoms with E-state index in [1.54, 1.807) is 23.1 Å². The summed E-state index contributed by atoms with van der Waals surface area (Å²) in [4.78, 5) is 4.27. The van der Waals surface area contributed by atoms with E-state index < -0.39 is 5.82 Å². The van der Waals surface area contributed by atoms with Crippen LogP contribution in [-0.2, 0) is 0 Å². The van der Waals surface area contributed by atoms with Crippen LogP contribution in [0.3, 0.4) is 0 Å². The lowest BCUT2D eigenvalue weighted by atomic mass is 10.1. The van der Waals surface area contributed by atoms with Crippen molar-refractivity contribution in [3.63, 3.8) is 0 Å². The van der Waals surface area contributed by atoms with Crippen LogP contribution in [0, 0.1) is 5.82 Å². The van der Waals surface area contributed by atoms with Crippen LogP contribution in [0.15, 0.2) is 36.7 Å². The first-order valence-electron chi connectivity index (χ1n) is 6.62. The van der Waals surface area contributed by atoms with Gasteiger partial charge < -0.3 is 5.73 Å². The third-order valence-corrected chi connectivity index (χ3v) is 3.69. The maximum Gasteiger partial charge on any atom is 0.153 e. The summed E-state index contributed by atoms with van der Waals surface area (Å²) >= 11 is 0. The van der Waals surface area contributed by atoms with Gasteiger partial charge in [-0.25, -0.2) is 9.07 Å². The molecule has 0 radical (unpaired) electrons. The van der Waals surface area contributed by atoms with Gasteiger partial charge in [0.05, 0.1) is 5.69 Å². The van der Waals surface area contributed by atoms with E-state index in [0.717, 1.165) is 11.1 Å². The summed E-state index contributed by atoms with van der Waals surface area (Å²) in [5.74, 6) is 0.131. The Balaban J connectivity index is 1.97. The van der Waals surface area contributed by atoms with Crippen molar-refractivity contribution < 1.29 is 4.39 Å². The number of benzene rings is 1. The van der Waals surface area contributed by atoms with Gasteiger partial charge in [-0.3, -0.25) is 4.98 Å². The minimum Gasteiger partial charge on any atom is -0.398 e. The van der Waals surface area contributed by atoms with Gasteiger partial charge in [-0.15, -0.1) is 0 Å². The maximum atomic E-state index is 14.3. The fraction of sp³-hybridized carbons (Fsp3) is 0.200. The normalized spacial score (nSPS) is 14.8. The van der Waals surface area contributed by atoms with Gasteiger partial charge in [0.25, 0.3) is 0 Å². The predicted molar refractivity (Wildman–Crippen MR) is 75.2 cm³/mol. The molecule has 1 aliphatic rings. The Kier molecular flexibility index (Phi) is 2.30. The zero-order valence-electron chi connectivity index (χ0n) is 10.8. The molecule has 1 aromatic carbocycles. The Bertz CT molecular complexity index is 805. The van der Waals surface area contributed by atoms with Crippen LogP contribution in [0.4, 0.5) is 10.1 Å². The van der Waals surface area contributed by atoms with Crippen molar-refractivity contribution in [2.45, 2.75) is 18.8 Å². The van der Waals surface area contributed by atoms with Crippen LogP contribution >= 0.6 is 0 Å². The number of nitrogens with two attached hydrogens (primary N) is 1. The van der Waals surface area contributed by atoms with Gasteiger partial charge in [0, 0.05) is 29.4 Å². The number of aromatic nitrogens is 3. The minimum atomic E-state index is -0.404. The summed E-state index contributed by atoms with van der Waals surface area (Å²) in [7, 11) is 0. The molecule has 0 unspecified atom stereocenters. The molecule has 0 amide bonds. The molecule has 0 aliphatic heterocycles. The van der Waals surface area contributed by atoms with E-state index in [4.69, 9.17) is 5.73 Å². The van der Waals surface area contributed by atoms with Gasteiger partial charge in [0.15, 0.2) is 5.82 Å². The van der Waals surface area contributed by atoms with Crippen LogP contribution in [-0.4, -0.2) is 14.8 Å². The Morgan fingerprint density at radius 1 is 1.30 bits per heavy atom. The van der Waals surface area contributed by atoms with E-state index >= 15 is 0 Å². The molecule has 0 atom stereocenters. The first kappa shape index (κ1) is 11.4. The largest absolute Gasteiger partial charge is 0.398 e. The molecule has 2 N–H and O–H groups in total. The smallest absolute Gasteiger partial charge is 0.153 e. The molecule has 1 aliphatic carbocycles. The third kappa shape index (κ3) is 1.66. The third-order valence-electron chi connectivity index (χ3n) is 3.69. The summed E-state index contributed by atoms with van der Waals surface area (Å²) in [6.07, 6.45) is 5.76. The highest BCUT2D eigenvalue weighted by Crippen LogP contribution is 2.39. The fourth-order valence-electron chi connectivity index (χ4n) is 2.50. The van der Waals surface area contributed by atoms with Crippen LogP contribution < -0.4 is 5.73 Å². The van der Waals surface area contributed by atoms with Gasteiger partial charge in [0.1, 0.15) is 11.2 Å². The second-order valence-electron chi connectivity index (χ2n) is 5.16. The Labute approximate surface area is 115 Å². The summed E-state index contributed by atoms with van der Waals surface area (Å²) in [6.45, 7) is 0. The average Bonchev–Trinajstić information content (AvgIpc) is 3.19. The summed E-state index contributed by atoms with van der Waals surface area (Å²) in [5.41, 5.74) is 8.17. The zero-order valence-corrected chi connectivity index (χ0v) is 10.8. The summed E-state index contributed by atoms with van der Waals surface area (Å²) < 4.78 is 15.9. The number of fused-ring (bicyclic) bond motifs is 1. The molecule has 1 fully saturated rings. The molecule has 3 aromatic rings. The van der Waals surface area contributed by atoms with E-state index in [-0.39, 0.29) is 0 Å². The van der Waals surface area contributed by atoms with E-state index in [2.05, 4.69) is 10.1 Å². The van der Waals surface area contributed by atoms with Crippen molar-refractivity contribution in [3.8, 4) is 5.69 Å². The number of pyridine rings is 1. The van der Waals surface area contributed by atoms with Gasteiger partial charge in [-0.1, -0.05) is 0 Å². The highest BCUT2D eigenvalue weighted by molar-refractivity contribution is 5.95. The number of nitrogen functional groups attached to an aromatic ring is 1. The highest BCUT2D eigenvalue weighted by atomic mass is 19.1. The molecule has 100 valence electrons. The summed E-state index contributed by atoms with van der Waals surface area (Å²) in [6, 6.07) is 6.91.